The third kappa shape index (κ3) is 3.96. The summed E-state index contributed by atoms with van der Waals surface area (Å²) < 4.78 is 37.6. The van der Waals surface area contributed by atoms with Gasteiger partial charge in [0.2, 0.25) is 5.95 Å². The number of hydrogen-bond donors (Lipinski definition) is 0. The zero-order chi connectivity index (χ0) is 16.3. The highest BCUT2D eigenvalue weighted by atomic mass is 19.4. The molecule has 6 heteroatoms. The van der Waals surface area contributed by atoms with Crippen molar-refractivity contribution in [3.63, 3.8) is 0 Å². The molecular weight excluding hydrogens is 291 g/mol. The summed E-state index contributed by atoms with van der Waals surface area (Å²) in [7, 11) is 1.81. The molecule has 0 aliphatic heterocycles. The summed E-state index contributed by atoms with van der Waals surface area (Å²) in [5, 5.41) is 0. The first kappa shape index (κ1) is 16.3. The summed E-state index contributed by atoms with van der Waals surface area (Å²) in [6.45, 7) is 4.56. The minimum atomic E-state index is -4.31. The molecule has 0 bridgehead atoms. The average molecular weight is 309 g/mol. The van der Waals surface area contributed by atoms with Crippen molar-refractivity contribution in [2.75, 3.05) is 11.9 Å². The highest BCUT2D eigenvalue weighted by Gasteiger charge is 2.29. The molecule has 0 amide bonds. The fourth-order valence-electron chi connectivity index (χ4n) is 1.97. The number of halogens is 3. The van der Waals surface area contributed by atoms with E-state index in [9.17, 15) is 13.2 Å². The van der Waals surface area contributed by atoms with E-state index in [1.165, 1.54) is 12.1 Å². The van der Waals surface area contributed by atoms with Gasteiger partial charge in [-0.25, -0.2) is 9.97 Å². The maximum Gasteiger partial charge on any atom is 0.416 e. The molecule has 22 heavy (non-hydrogen) atoms. The van der Waals surface area contributed by atoms with Crippen LogP contribution < -0.4 is 4.90 Å². The molecule has 3 nitrogen and oxygen atoms in total. The van der Waals surface area contributed by atoms with Crippen LogP contribution in [-0.4, -0.2) is 17.0 Å². The number of hydrogen-bond acceptors (Lipinski definition) is 3. The van der Waals surface area contributed by atoms with Gasteiger partial charge in [0.15, 0.2) is 0 Å². The van der Waals surface area contributed by atoms with Crippen LogP contribution in [0.3, 0.4) is 0 Å². The van der Waals surface area contributed by atoms with Gasteiger partial charge in [-0.2, -0.15) is 13.2 Å². The van der Waals surface area contributed by atoms with Gasteiger partial charge in [-0.05, 0) is 29.2 Å². The first-order valence-electron chi connectivity index (χ1n) is 6.96. The van der Waals surface area contributed by atoms with Gasteiger partial charge in [0.25, 0.3) is 0 Å². The standard InChI is InChI=1S/C16H18F3N3/c1-11(2)13-8-20-15(21-9-13)22(3)10-12-4-6-14(7-5-12)16(17,18)19/h4-9,11H,10H2,1-3H3. The average Bonchev–Trinajstić information content (AvgIpc) is 2.47. The monoisotopic (exact) mass is 309 g/mol. The minimum absolute atomic E-state index is 0.356. The van der Waals surface area contributed by atoms with Crippen molar-refractivity contribution in [3.8, 4) is 0 Å². The number of anilines is 1. The maximum atomic E-state index is 12.5. The molecule has 2 rings (SSSR count). The molecule has 0 radical (unpaired) electrons. The smallest absolute Gasteiger partial charge is 0.340 e. The third-order valence-electron chi connectivity index (χ3n) is 3.37. The summed E-state index contributed by atoms with van der Waals surface area (Å²) in [4.78, 5) is 10.4. The van der Waals surface area contributed by atoms with Gasteiger partial charge < -0.3 is 4.90 Å². The third-order valence-corrected chi connectivity index (χ3v) is 3.37. The van der Waals surface area contributed by atoms with Crippen LogP contribution in [0.1, 0.15) is 36.5 Å². The molecule has 0 saturated carbocycles. The Morgan fingerprint density at radius 2 is 1.59 bits per heavy atom. The molecule has 0 aliphatic rings. The minimum Gasteiger partial charge on any atom is -0.340 e. The summed E-state index contributed by atoms with van der Waals surface area (Å²) in [6, 6.07) is 5.13. The first-order chi connectivity index (χ1) is 10.3. The second-order valence-electron chi connectivity index (χ2n) is 5.52. The zero-order valence-electron chi connectivity index (χ0n) is 12.7. The van der Waals surface area contributed by atoms with E-state index in [2.05, 4.69) is 23.8 Å². The van der Waals surface area contributed by atoms with Gasteiger partial charge in [-0.15, -0.1) is 0 Å². The van der Waals surface area contributed by atoms with Crippen LogP contribution in [0, 0.1) is 0 Å². The lowest BCUT2D eigenvalue weighted by Gasteiger charge is -2.18. The lowest BCUT2D eigenvalue weighted by atomic mass is 10.1. The number of aromatic nitrogens is 2. The summed E-state index contributed by atoms with van der Waals surface area (Å²) >= 11 is 0. The topological polar surface area (TPSA) is 29.0 Å². The Kier molecular flexibility index (Phi) is 4.68. The Morgan fingerprint density at radius 3 is 2.05 bits per heavy atom. The van der Waals surface area contributed by atoms with Crippen molar-refractivity contribution in [3.05, 3.63) is 53.3 Å². The van der Waals surface area contributed by atoms with E-state index in [0.29, 0.717) is 18.4 Å². The predicted octanol–water partition coefficient (Wildman–Crippen LogP) is 4.26. The number of nitrogens with zero attached hydrogens (tertiary/aromatic N) is 3. The molecule has 0 aliphatic carbocycles. The van der Waals surface area contributed by atoms with Gasteiger partial charge in [-0.1, -0.05) is 26.0 Å². The van der Waals surface area contributed by atoms with E-state index < -0.39 is 11.7 Å². The lowest BCUT2D eigenvalue weighted by molar-refractivity contribution is -0.137. The molecule has 0 N–H and O–H groups in total. The fraction of sp³-hybridized carbons (Fsp3) is 0.375. The molecule has 1 heterocycles. The van der Waals surface area contributed by atoms with E-state index in [1.54, 1.807) is 17.3 Å². The van der Waals surface area contributed by atoms with Crippen molar-refractivity contribution < 1.29 is 13.2 Å². The molecule has 0 unspecified atom stereocenters. The molecule has 1 aromatic heterocycles. The number of benzene rings is 1. The van der Waals surface area contributed by atoms with Crippen LogP contribution >= 0.6 is 0 Å². The second-order valence-corrected chi connectivity index (χ2v) is 5.52. The van der Waals surface area contributed by atoms with E-state index in [1.807, 2.05) is 7.05 Å². The summed E-state index contributed by atoms with van der Waals surface area (Å²) in [5.74, 6) is 0.901. The second kappa shape index (κ2) is 6.34. The molecule has 2 aromatic rings. The van der Waals surface area contributed by atoms with E-state index in [4.69, 9.17) is 0 Å². The lowest BCUT2D eigenvalue weighted by Crippen LogP contribution is -2.19. The van der Waals surface area contributed by atoms with E-state index >= 15 is 0 Å². The number of rotatable bonds is 4. The molecule has 118 valence electrons. The molecule has 1 aromatic carbocycles. The molecular formula is C16H18F3N3. The van der Waals surface area contributed by atoms with E-state index in [-0.39, 0.29) is 0 Å². The maximum absolute atomic E-state index is 12.5. The Hall–Kier alpha value is -2.11. The zero-order valence-corrected chi connectivity index (χ0v) is 12.7. The van der Waals surface area contributed by atoms with Crippen molar-refractivity contribution in [2.45, 2.75) is 32.5 Å². The van der Waals surface area contributed by atoms with Crippen LogP contribution in [0.4, 0.5) is 19.1 Å². The predicted molar refractivity (Wildman–Crippen MR) is 79.7 cm³/mol. The van der Waals surface area contributed by atoms with Gasteiger partial charge >= 0.3 is 6.18 Å². The van der Waals surface area contributed by atoms with Crippen molar-refractivity contribution in [1.29, 1.82) is 0 Å². The highest BCUT2D eigenvalue weighted by Crippen LogP contribution is 2.29. The van der Waals surface area contributed by atoms with Crippen LogP contribution in [0.2, 0.25) is 0 Å². The Balaban J connectivity index is 2.06. The molecule has 0 saturated heterocycles. The fourth-order valence-corrected chi connectivity index (χ4v) is 1.97. The molecule has 0 fully saturated rings. The van der Waals surface area contributed by atoms with Crippen molar-refractivity contribution in [1.82, 2.24) is 9.97 Å². The highest BCUT2D eigenvalue weighted by molar-refractivity contribution is 5.33. The van der Waals surface area contributed by atoms with Crippen LogP contribution in [0.15, 0.2) is 36.7 Å². The molecule has 0 spiro atoms. The van der Waals surface area contributed by atoms with Crippen LogP contribution in [0.25, 0.3) is 0 Å². The summed E-state index contributed by atoms with van der Waals surface area (Å²) in [6.07, 6.45) is -0.757. The normalized spacial score (nSPS) is 11.8. The van der Waals surface area contributed by atoms with Gasteiger partial charge in [-0.3, -0.25) is 0 Å². The van der Waals surface area contributed by atoms with Crippen LogP contribution in [-0.2, 0) is 12.7 Å². The summed E-state index contributed by atoms with van der Waals surface area (Å²) in [5.41, 5.74) is 1.18. The Morgan fingerprint density at radius 1 is 1.05 bits per heavy atom. The quantitative estimate of drug-likeness (QED) is 0.845. The van der Waals surface area contributed by atoms with Crippen molar-refractivity contribution in [2.24, 2.45) is 0 Å². The van der Waals surface area contributed by atoms with Crippen molar-refractivity contribution >= 4 is 5.95 Å². The van der Waals surface area contributed by atoms with Gasteiger partial charge in [0.1, 0.15) is 0 Å². The first-order valence-corrected chi connectivity index (χ1v) is 6.96. The van der Waals surface area contributed by atoms with Gasteiger partial charge in [0, 0.05) is 26.0 Å². The Labute approximate surface area is 127 Å². The molecule has 0 atom stereocenters. The largest absolute Gasteiger partial charge is 0.416 e. The van der Waals surface area contributed by atoms with Crippen LogP contribution in [0.5, 0.6) is 0 Å². The van der Waals surface area contributed by atoms with Gasteiger partial charge in [0.05, 0.1) is 5.56 Å². The Bertz CT molecular complexity index is 604. The number of alkyl halides is 3. The van der Waals surface area contributed by atoms with E-state index in [0.717, 1.165) is 23.3 Å². The SMILES string of the molecule is CC(C)c1cnc(N(C)Cc2ccc(C(F)(F)F)cc2)nc1.